The lowest BCUT2D eigenvalue weighted by Crippen LogP contribution is -2.11. The van der Waals surface area contributed by atoms with E-state index in [0.717, 1.165) is 23.4 Å². The van der Waals surface area contributed by atoms with Crippen LogP contribution in [0.25, 0.3) is 0 Å². The van der Waals surface area contributed by atoms with Gasteiger partial charge in [-0.3, -0.25) is 4.79 Å². The summed E-state index contributed by atoms with van der Waals surface area (Å²) in [5, 5.41) is 0.508. The Bertz CT molecular complexity index is 439. The Morgan fingerprint density at radius 2 is 1.82 bits per heavy atom. The van der Waals surface area contributed by atoms with Crippen LogP contribution in [-0.2, 0) is 9.53 Å². The van der Waals surface area contributed by atoms with Crippen molar-refractivity contribution < 1.29 is 9.53 Å². The molecule has 1 aromatic rings. The van der Waals surface area contributed by atoms with Crippen LogP contribution in [0.2, 0.25) is 0 Å². The monoisotopic (exact) mass is 252 g/mol. The van der Waals surface area contributed by atoms with Crippen molar-refractivity contribution in [3.05, 3.63) is 17.0 Å². The first-order chi connectivity index (χ1) is 7.97. The average Bonchev–Trinajstić information content (AvgIpc) is 2.54. The second-order valence-corrected chi connectivity index (χ2v) is 5.56. The van der Waals surface area contributed by atoms with Crippen LogP contribution in [0, 0.1) is 20.8 Å². The number of esters is 1. The molecule has 5 heteroatoms. The van der Waals surface area contributed by atoms with Crippen molar-refractivity contribution >= 4 is 17.7 Å². The minimum atomic E-state index is -0.161. The van der Waals surface area contributed by atoms with E-state index in [2.05, 4.69) is 9.97 Å². The number of rotatable bonds is 2. The molecule has 2 heterocycles. The highest BCUT2D eigenvalue weighted by Crippen LogP contribution is 2.30. The molecule has 0 N–H and O–H groups in total. The van der Waals surface area contributed by atoms with Gasteiger partial charge in [0.05, 0.1) is 0 Å². The zero-order valence-corrected chi connectivity index (χ0v) is 11.3. The SMILES string of the molecule is Cc1nc(SC2CC(C)OC2=O)nc(C)c1C. The van der Waals surface area contributed by atoms with Crippen molar-refractivity contribution in [2.75, 3.05) is 0 Å². The molecule has 0 aromatic carbocycles. The Morgan fingerprint density at radius 1 is 1.24 bits per heavy atom. The number of carbonyl (C=O) groups is 1. The zero-order valence-electron chi connectivity index (χ0n) is 10.5. The van der Waals surface area contributed by atoms with Crippen LogP contribution < -0.4 is 0 Å². The fraction of sp³-hybridized carbons (Fsp3) is 0.583. The molecule has 0 aliphatic carbocycles. The van der Waals surface area contributed by atoms with Gasteiger partial charge in [-0.05, 0) is 33.3 Å². The molecule has 0 radical (unpaired) electrons. The van der Waals surface area contributed by atoms with Gasteiger partial charge in [0.1, 0.15) is 11.4 Å². The van der Waals surface area contributed by atoms with Gasteiger partial charge < -0.3 is 4.74 Å². The molecule has 0 amide bonds. The van der Waals surface area contributed by atoms with Gasteiger partial charge in [-0.25, -0.2) is 9.97 Å². The van der Waals surface area contributed by atoms with E-state index in [-0.39, 0.29) is 17.3 Å². The Hall–Kier alpha value is -1.10. The smallest absolute Gasteiger partial charge is 0.319 e. The topological polar surface area (TPSA) is 52.1 Å². The highest BCUT2D eigenvalue weighted by molar-refractivity contribution is 8.00. The molecule has 1 aliphatic rings. The Kier molecular flexibility index (Phi) is 3.38. The fourth-order valence-electron chi connectivity index (χ4n) is 1.74. The predicted molar refractivity (Wildman–Crippen MR) is 66.1 cm³/mol. The molecule has 17 heavy (non-hydrogen) atoms. The number of nitrogens with zero attached hydrogens (tertiary/aromatic N) is 2. The fourth-order valence-corrected chi connectivity index (χ4v) is 2.89. The summed E-state index contributed by atoms with van der Waals surface area (Å²) < 4.78 is 5.11. The van der Waals surface area contributed by atoms with Crippen LogP contribution >= 0.6 is 11.8 Å². The van der Waals surface area contributed by atoms with Crippen molar-refractivity contribution in [2.45, 2.75) is 50.6 Å². The summed E-state index contributed by atoms with van der Waals surface area (Å²) >= 11 is 1.40. The zero-order chi connectivity index (χ0) is 12.6. The number of cyclic esters (lactones) is 1. The normalized spacial score (nSPS) is 23.9. The van der Waals surface area contributed by atoms with Gasteiger partial charge in [-0.1, -0.05) is 11.8 Å². The Labute approximate surface area is 105 Å². The summed E-state index contributed by atoms with van der Waals surface area (Å²) in [5.41, 5.74) is 3.05. The molecule has 1 saturated heterocycles. The highest BCUT2D eigenvalue weighted by Gasteiger charge is 2.33. The van der Waals surface area contributed by atoms with Crippen LogP contribution in [0.1, 0.15) is 30.3 Å². The third-order valence-electron chi connectivity index (χ3n) is 2.99. The summed E-state index contributed by atoms with van der Waals surface area (Å²) in [6.45, 7) is 7.84. The molecule has 2 atom stereocenters. The third-order valence-corrected chi connectivity index (χ3v) is 4.05. The van der Waals surface area contributed by atoms with Crippen LogP contribution in [-0.4, -0.2) is 27.3 Å². The standard InChI is InChI=1S/C12H16N2O2S/c1-6-5-10(11(15)16-6)17-12-13-8(3)7(2)9(4)14-12/h6,10H,5H2,1-4H3. The van der Waals surface area contributed by atoms with Crippen LogP contribution in [0.15, 0.2) is 5.16 Å². The summed E-state index contributed by atoms with van der Waals surface area (Å²) in [5.74, 6) is -0.151. The first-order valence-corrected chi connectivity index (χ1v) is 6.54. The van der Waals surface area contributed by atoms with E-state index in [4.69, 9.17) is 4.74 Å². The molecule has 92 valence electrons. The summed E-state index contributed by atoms with van der Waals surface area (Å²) in [4.78, 5) is 20.3. The van der Waals surface area contributed by atoms with Crippen LogP contribution in [0.3, 0.4) is 0 Å². The number of aryl methyl sites for hydroxylation is 2. The summed E-state index contributed by atoms with van der Waals surface area (Å²) in [6, 6.07) is 0. The lowest BCUT2D eigenvalue weighted by molar-refractivity contribution is -0.140. The van der Waals surface area contributed by atoms with E-state index >= 15 is 0 Å². The predicted octanol–water partition coefficient (Wildman–Crippen LogP) is 2.20. The molecule has 1 fully saturated rings. The number of aromatic nitrogens is 2. The molecule has 0 spiro atoms. The molecule has 0 saturated carbocycles. The first-order valence-electron chi connectivity index (χ1n) is 5.66. The van der Waals surface area contributed by atoms with Gasteiger partial charge in [0.25, 0.3) is 0 Å². The van der Waals surface area contributed by atoms with Crippen molar-refractivity contribution in [2.24, 2.45) is 0 Å². The van der Waals surface area contributed by atoms with Gasteiger partial charge in [0, 0.05) is 17.8 Å². The van der Waals surface area contributed by atoms with Crippen molar-refractivity contribution in [1.29, 1.82) is 0 Å². The summed E-state index contributed by atoms with van der Waals surface area (Å²) in [7, 11) is 0. The molecule has 1 aliphatic heterocycles. The van der Waals surface area contributed by atoms with Crippen LogP contribution in [0.5, 0.6) is 0 Å². The maximum atomic E-state index is 11.5. The van der Waals surface area contributed by atoms with Gasteiger partial charge >= 0.3 is 5.97 Å². The molecule has 4 nitrogen and oxygen atoms in total. The van der Waals surface area contributed by atoms with Crippen molar-refractivity contribution in [3.8, 4) is 0 Å². The summed E-state index contributed by atoms with van der Waals surface area (Å²) in [6.07, 6.45) is 0.742. The maximum absolute atomic E-state index is 11.5. The van der Waals surface area contributed by atoms with Crippen molar-refractivity contribution in [3.63, 3.8) is 0 Å². The lowest BCUT2D eigenvalue weighted by atomic mass is 10.2. The maximum Gasteiger partial charge on any atom is 0.319 e. The van der Waals surface area contributed by atoms with E-state index < -0.39 is 0 Å². The Morgan fingerprint density at radius 3 is 2.29 bits per heavy atom. The van der Waals surface area contributed by atoms with Gasteiger partial charge in [-0.15, -0.1) is 0 Å². The van der Waals surface area contributed by atoms with Gasteiger partial charge in [0.15, 0.2) is 5.16 Å². The molecule has 1 aromatic heterocycles. The lowest BCUT2D eigenvalue weighted by Gasteiger charge is -2.08. The third kappa shape index (κ3) is 2.60. The quantitative estimate of drug-likeness (QED) is 0.596. The number of ether oxygens (including phenoxy) is 1. The second-order valence-electron chi connectivity index (χ2n) is 4.39. The average molecular weight is 252 g/mol. The number of hydrogen-bond acceptors (Lipinski definition) is 5. The van der Waals surface area contributed by atoms with Gasteiger partial charge in [-0.2, -0.15) is 0 Å². The largest absolute Gasteiger partial charge is 0.462 e. The van der Waals surface area contributed by atoms with E-state index in [9.17, 15) is 4.79 Å². The number of thioether (sulfide) groups is 1. The van der Waals surface area contributed by atoms with Crippen LogP contribution in [0.4, 0.5) is 0 Å². The number of carbonyl (C=O) groups excluding carboxylic acids is 1. The highest BCUT2D eigenvalue weighted by atomic mass is 32.2. The Balaban J connectivity index is 2.17. The van der Waals surface area contributed by atoms with E-state index in [1.165, 1.54) is 11.8 Å². The molecule has 0 bridgehead atoms. The van der Waals surface area contributed by atoms with Gasteiger partial charge in [0.2, 0.25) is 0 Å². The molecular formula is C12H16N2O2S. The first kappa shape index (κ1) is 12.4. The van der Waals surface area contributed by atoms with E-state index in [1.54, 1.807) is 0 Å². The molecule has 2 rings (SSSR count). The minimum absolute atomic E-state index is 0.00708. The van der Waals surface area contributed by atoms with E-state index in [0.29, 0.717) is 5.16 Å². The molecular weight excluding hydrogens is 236 g/mol. The second kappa shape index (κ2) is 4.64. The molecule has 2 unspecified atom stereocenters. The minimum Gasteiger partial charge on any atom is -0.462 e. The van der Waals surface area contributed by atoms with E-state index in [1.807, 2.05) is 27.7 Å². The number of hydrogen-bond donors (Lipinski definition) is 0. The van der Waals surface area contributed by atoms with Crippen molar-refractivity contribution in [1.82, 2.24) is 9.97 Å².